The predicted octanol–water partition coefficient (Wildman–Crippen LogP) is 4.51. The van der Waals surface area contributed by atoms with Gasteiger partial charge in [-0.3, -0.25) is 0 Å². The molecule has 21 heavy (non-hydrogen) atoms. The molecule has 0 aliphatic carbocycles. The minimum absolute atomic E-state index is 0.253. The van der Waals surface area contributed by atoms with E-state index in [9.17, 15) is 4.79 Å². The number of esters is 1. The standard InChI is InChI=1S/C19H20O2/c1-2-9-17-13-6-7-14-18(17)19(20)21-15-8-12-16-10-4-3-5-11-16/h3-8,10-14H,2,9,15H2,1H3. The molecule has 2 aromatic carbocycles. The van der Waals surface area contributed by atoms with Crippen LogP contribution in [0.2, 0.25) is 0 Å². The second-order valence-electron chi connectivity index (χ2n) is 4.82. The van der Waals surface area contributed by atoms with E-state index in [-0.39, 0.29) is 12.6 Å². The van der Waals surface area contributed by atoms with Gasteiger partial charge in [0.1, 0.15) is 6.61 Å². The van der Waals surface area contributed by atoms with Crippen molar-refractivity contribution < 1.29 is 9.53 Å². The van der Waals surface area contributed by atoms with Gasteiger partial charge in [-0.25, -0.2) is 4.79 Å². The Balaban J connectivity index is 1.92. The van der Waals surface area contributed by atoms with E-state index < -0.39 is 0 Å². The summed E-state index contributed by atoms with van der Waals surface area (Å²) in [6.45, 7) is 2.39. The average Bonchev–Trinajstić information content (AvgIpc) is 2.53. The summed E-state index contributed by atoms with van der Waals surface area (Å²) < 4.78 is 5.31. The molecule has 0 radical (unpaired) electrons. The highest BCUT2D eigenvalue weighted by Crippen LogP contribution is 2.12. The molecule has 2 rings (SSSR count). The molecule has 0 atom stereocenters. The van der Waals surface area contributed by atoms with E-state index in [1.54, 1.807) is 0 Å². The highest BCUT2D eigenvalue weighted by molar-refractivity contribution is 5.91. The third kappa shape index (κ3) is 4.60. The van der Waals surface area contributed by atoms with E-state index in [1.807, 2.05) is 66.7 Å². The number of ether oxygens (including phenoxy) is 1. The van der Waals surface area contributed by atoms with Crippen molar-refractivity contribution >= 4 is 12.0 Å². The number of aryl methyl sites for hydroxylation is 1. The van der Waals surface area contributed by atoms with Gasteiger partial charge in [-0.1, -0.05) is 68.0 Å². The Morgan fingerprint density at radius 1 is 1.05 bits per heavy atom. The van der Waals surface area contributed by atoms with Crippen LogP contribution in [-0.2, 0) is 11.2 Å². The van der Waals surface area contributed by atoms with Gasteiger partial charge in [-0.05, 0) is 29.7 Å². The van der Waals surface area contributed by atoms with Crippen LogP contribution in [0.1, 0.15) is 34.8 Å². The van der Waals surface area contributed by atoms with Crippen molar-refractivity contribution in [3.05, 3.63) is 77.4 Å². The van der Waals surface area contributed by atoms with E-state index in [4.69, 9.17) is 4.74 Å². The van der Waals surface area contributed by atoms with E-state index >= 15 is 0 Å². The van der Waals surface area contributed by atoms with Gasteiger partial charge in [0.15, 0.2) is 0 Å². The maximum Gasteiger partial charge on any atom is 0.338 e. The number of hydrogen-bond acceptors (Lipinski definition) is 2. The normalized spacial score (nSPS) is 10.7. The first kappa shape index (κ1) is 15.0. The van der Waals surface area contributed by atoms with Crippen molar-refractivity contribution in [2.75, 3.05) is 6.61 Å². The van der Waals surface area contributed by atoms with Crippen molar-refractivity contribution in [1.82, 2.24) is 0 Å². The van der Waals surface area contributed by atoms with Crippen LogP contribution in [0.5, 0.6) is 0 Å². The Labute approximate surface area is 126 Å². The van der Waals surface area contributed by atoms with E-state index in [2.05, 4.69) is 6.92 Å². The molecule has 0 N–H and O–H groups in total. The molecule has 0 aromatic heterocycles. The molecule has 2 heteroatoms. The lowest BCUT2D eigenvalue weighted by molar-refractivity contribution is 0.0549. The van der Waals surface area contributed by atoms with Gasteiger partial charge in [0.2, 0.25) is 0 Å². The fraction of sp³-hybridized carbons (Fsp3) is 0.211. The summed E-state index contributed by atoms with van der Waals surface area (Å²) in [7, 11) is 0. The summed E-state index contributed by atoms with van der Waals surface area (Å²) in [4.78, 5) is 12.1. The summed E-state index contributed by atoms with van der Waals surface area (Å²) in [6.07, 6.45) is 5.71. The smallest absolute Gasteiger partial charge is 0.338 e. The molecule has 0 saturated heterocycles. The van der Waals surface area contributed by atoms with Crippen molar-refractivity contribution in [3.8, 4) is 0 Å². The van der Waals surface area contributed by atoms with Crippen LogP contribution >= 0.6 is 0 Å². The van der Waals surface area contributed by atoms with Gasteiger partial charge in [-0.2, -0.15) is 0 Å². The minimum atomic E-state index is -0.253. The Kier molecular flexibility index (Phi) is 5.77. The van der Waals surface area contributed by atoms with E-state index in [0.717, 1.165) is 24.0 Å². The first-order valence-electron chi connectivity index (χ1n) is 7.28. The lowest BCUT2D eigenvalue weighted by Crippen LogP contribution is -2.08. The fourth-order valence-electron chi connectivity index (χ4n) is 2.16. The van der Waals surface area contributed by atoms with Crippen molar-refractivity contribution in [1.29, 1.82) is 0 Å². The van der Waals surface area contributed by atoms with Gasteiger partial charge in [0.05, 0.1) is 5.56 Å². The monoisotopic (exact) mass is 280 g/mol. The number of benzene rings is 2. The van der Waals surface area contributed by atoms with Crippen LogP contribution in [0.25, 0.3) is 6.08 Å². The van der Waals surface area contributed by atoms with E-state index in [0.29, 0.717) is 5.56 Å². The molecular formula is C19H20O2. The van der Waals surface area contributed by atoms with Crippen molar-refractivity contribution in [3.63, 3.8) is 0 Å². The van der Waals surface area contributed by atoms with Gasteiger partial charge >= 0.3 is 5.97 Å². The molecule has 0 fully saturated rings. The molecule has 0 aliphatic heterocycles. The zero-order valence-electron chi connectivity index (χ0n) is 12.3. The summed E-state index contributed by atoms with van der Waals surface area (Å²) >= 11 is 0. The Bertz CT molecular complexity index is 600. The van der Waals surface area contributed by atoms with Gasteiger partial charge < -0.3 is 4.74 Å². The van der Waals surface area contributed by atoms with Crippen molar-refractivity contribution in [2.24, 2.45) is 0 Å². The molecule has 0 spiro atoms. The largest absolute Gasteiger partial charge is 0.458 e. The van der Waals surface area contributed by atoms with Crippen molar-refractivity contribution in [2.45, 2.75) is 19.8 Å². The van der Waals surface area contributed by atoms with E-state index in [1.165, 1.54) is 0 Å². The first-order chi connectivity index (χ1) is 10.3. The molecule has 0 saturated carbocycles. The molecule has 108 valence electrons. The lowest BCUT2D eigenvalue weighted by atomic mass is 10.0. The van der Waals surface area contributed by atoms with Crippen LogP contribution < -0.4 is 0 Å². The van der Waals surface area contributed by atoms with Crippen LogP contribution in [0.15, 0.2) is 60.7 Å². The average molecular weight is 280 g/mol. The predicted molar refractivity (Wildman–Crippen MR) is 86.2 cm³/mol. The topological polar surface area (TPSA) is 26.3 Å². The summed E-state index contributed by atoms with van der Waals surface area (Å²) in [5, 5.41) is 0. The number of carbonyl (C=O) groups excluding carboxylic acids is 1. The summed E-state index contributed by atoms with van der Waals surface area (Å²) in [5.41, 5.74) is 2.82. The van der Waals surface area contributed by atoms with Gasteiger partial charge in [0, 0.05) is 0 Å². The van der Waals surface area contributed by atoms with Crippen LogP contribution in [0.3, 0.4) is 0 Å². The maximum atomic E-state index is 12.1. The molecule has 2 nitrogen and oxygen atoms in total. The zero-order valence-corrected chi connectivity index (χ0v) is 12.3. The molecular weight excluding hydrogens is 260 g/mol. The number of rotatable bonds is 6. The Morgan fingerprint density at radius 2 is 1.76 bits per heavy atom. The highest BCUT2D eigenvalue weighted by Gasteiger charge is 2.10. The highest BCUT2D eigenvalue weighted by atomic mass is 16.5. The Hall–Kier alpha value is -2.35. The van der Waals surface area contributed by atoms with Crippen LogP contribution in [0.4, 0.5) is 0 Å². The molecule has 0 amide bonds. The molecule has 0 bridgehead atoms. The van der Waals surface area contributed by atoms with Gasteiger partial charge in [-0.15, -0.1) is 0 Å². The first-order valence-corrected chi connectivity index (χ1v) is 7.28. The second-order valence-corrected chi connectivity index (χ2v) is 4.82. The molecule has 0 aliphatic rings. The SMILES string of the molecule is CCCc1ccccc1C(=O)OCC=Cc1ccccc1. The number of carbonyl (C=O) groups is 1. The van der Waals surface area contributed by atoms with Crippen LogP contribution in [0, 0.1) is 0 Å². The molecule has 0 heterocycles. The summed E-state index contributed by atoms with van der Waals surface area (Å²) in [5.74, 6) is -0.253. The second kappa shape index (κ2) is 8.05. The minimum Gasteiger partial charge on any atom is -0.458 e. The molecule has 2 aromatic rings. The maximum absolute atomic E-state index is 12.1. The fourth-order valence-corrected chi connectivity index (χ4v) is 2.16. The summed E-state index contributed by atoms with van der Waals surface area (Å²) in [6, 6.07) is 17.6. The van der Waals surface area contributed by atoms with Gasteiger partial charge in [0.25, 0.3) is 0 Å². The lowest BCUT2D eigenvalue weighted by Gasteiger charge is -2.07. The molecule has 0 unspecified atom stereocenters. The third-order valence-electron chi connectivity index (χ3n) is 3.18. The third-order valence-corrected chi connectivity index (χ3v) is 3.18. The van der Waals surface area contributed by atoms with Crippen LogP contribution in [-0.4, -0.2) is 12.6 Å². The number of hydrogen-bond donors (Lipinski definition) is 0. The Morgan fingerprint density at radius 3 is 2.52 bits per heavy atom. The quantitative estimate of drug-likeness (QED) is 0.728. The zero-order chi connectivity index (χ0) is 14.9.